The highest BCUT2D eigenvalue weighted by molar-refractivity contribution is 14.0. The van der Waals surface area contributed by atoms with E-state index >= 15 is 0 Å². The third kappa shape index (κ3) is 9.16. The number of ether oxygens (including phenoxy) is 2. The molecule has 1 aliphatic rings. The van der Waals surface area contributed by atoms with Crippen LogP contribution in [0.3, 0.4) is 0 Å². The van der Waals surface area contributed by atoms with Gasteiger partial charge in [0.25, 0.3) is 0 Å². The van der Waals surface area contributed by atoms with Crippen LogP contribution in [0.2, 0.25) is 0 Å². The Morgan fingerprint density at radius 3 is 2.55 bits per heavy atom. The Morgan fingerprint density at radius 2 is 1.90 bits per heavy atom. The quantitative estimate of drug-likeness (QED) is 0.203. The topological polar surface area (TPSA) is 92.3 Å². The number of hydrogen-bond acceptors (Lipinski definition) is 5. The maximum Gasteiger partial charge on any atom is 0.218 e. The van der Waals surface area contributed by atoms with E-state index in [1.807, 2.05) is 31.2 Å². The minimum atomic E-state index is -3.37. The number of aliphatic imine (C=N–C) groups is 1. The number of hydrogen-bond donors (Lipinski definition) is 2. The first-order valence-electron chi connectivity index (χ1n) is 9.70. The molecule has 1 aliphatic heterocycles. The molecule has 29 heavy (non-hydrogen) atoms. The van der Waals surface area contributed by atoms with E-state index in [0.717, 1.165) is 30.6 Å². The van der Waals surface area contributed by atoms with Gasteiger partial charge in [-0.2, -0.15) is 4.31 Å². The van der Waals surface area contributed by atoms with Crippen LogP contribution < -0.4 is 10.6 Å². The Kier molecular flexibility index (Phi) is 12.7. The third-order valence-corrected chi connectivity index (χ3v) is 6.22. The zero-order valence-electron chi connectivity index (χ0n) is 17.2. The van der Waals surface area contributed by atoms with Gasteiger partial charge in [-0.05, 0) is 24.5 Å². The second kappa shape index (κ2) is 14.1. The molecule has 166 valence electrons. The molecule has 0 bridgehead atoms. The van der Waals surface area contributed by atoms with Crippen LogP contribution in [0.1, 0.15) is 24.5 Å². The molecule has 1 heterocycles. The van der Waals surface area contributed by atoms with Gasteiger partial charge in [0.05, 0.1) is 25.5 Å². The first-order chi connectivity index (χ1) is 13.6. The summed E-state index contributed by atoms with van der Waals surface area (Å²) in [6.45, 7) is 6.35. The Balaban J connectivity index is 0.00000420. The predicted octanol–water partition coefficient (Wildman–Crippen LogP) is 1.56. The molecule has 0 spiro atoms. The van der Waals surface area contributed by atoms with E-state index < -0.39 is 10.0 Å². The van der Waals surface area contributed by atoms with Crippen LogP contribution in [0.4, 0.5) is 0 Å². The van der Waals surface area contributed by atoms with Crippen molar-refractivity contribution in [1.82, 2.24) is 14.9 Å². The average Bonchev–Trinajstić information content (AvgIpc) is 2.70. The van der Waals surface area contributed by atoms with E-state index in [-0.39, 0.29) is 29.7 Å². The highest BCUT2D eigenvalue weighted by Crippen LogP contribution is 2.17. The first-order valence-corrected chi connectivity index (χ1v) is 11.3. The summed E-state index contributed by atoms with van der Waals surface area (Å²) in [5.41, 5.74) is 1.70. The van der Waals surface area contributed by atoms with E-state index in [1.165, 1.54) is 4.31 Å². The SMILES string of the molecule is CCNC(=NCc1ccccc1CS(=O)(=O)N1CCOCC1)NCCCOC.I. The third-order valence-electron chi connectivity index (χ3n) is 4.39. The fourth-order valence-corrected chi connectivity index (χ4v) is 4.46. The van der Waals surface area contributed by atoms with E-state index in [9.17, 15) is 8.42 Å². The zero-order chi connectivity index (χ0) is 20.2. The molecule has 0 atom stereocenters. The first kappa shape index (κ1) is 26.1. The molecule has 0 aromatic heterocycles. The lowest BCUT2D eigenvalue weighted by atomic mass is 10.1. The van der Waals surface area contributed by atoms with Crippen LogP contribution in [0.5, 0.6) is 0 Å². The summed E-state index contributed by atoms with van der Waals surface area (Å²) in [5.74, 6) is 0.695. The van der Waals surface area contributed by atoms with Crippen molar-refractivity contribution in [2.45, 2.75) is 25.6 Å². The molecule has 2 N–H and O–H groups in total. The lowest BCUT2D eigenvalue weighted by Crippen LogP contribution is -2.41. The zero-order valence-corrected chi connectivity index (χ0v) is 20.4. The number of methoxy groups -OCH3 is 1. The van der Waals surface area contributed by atoms with Gasteiger partial charge in [-0.1, -0.05) is 24.3 Å². The Hall–Kier alpha value is -0.950. The van der Waals surface area contributed by atoms with Gasteiger partial charge in [0.2, 0.25) is 10.0 Å². The van der Waals surface area contributed by atoms with Crippen LogP contribution in [-0.2, 0) is 31.8 Å². The van der Waals surface area contributed by atoms with Crippen molar-refractivity contribution in [3.05, 3.63) is 35.4 Å². The van der Waals surface area contributed by atoms with Crippen molar-refractivity contribution in [3.63, 3.8) is 0 Å². The molecule has 0 radical (unpaired) electrons. The molecule has 2 rings (SSSR count). The minimum absolute atomic E-state index is 0. The van der Waals surface area contributed by atoms with Gasteiger partial charge in [0, 0.05) is 39.9 Å². The van der Waals surface area contributed by atoms with Gasteiger partial charge in [0.15, 0.2) is 5.96 Å². The van der Waals surface area contributed by atoms with Crippen molar-refractivity contribution < 1.29 is 17.9 Å². The van der Waals surface area contributed by atoms with Crippen LogP contribution in [0.25, 0.3) is 0 Å². The van der Waals surface area contributed by atoms with Gasteiger partial charge in [-0.25, -0.2) is 13.4 Å². The molecule has 1 aromatic carbocycles. The number of sulfonamides is 1. The van der Waals surface area contributed by atoms with Gasteiger partial charge >= 0.3 is 0 Å². The fraction of sp³-hybridized carbons (Fsp3) is 0.632. The summed E-state index contributed by atoms with van der Waals surface area (Å²) in [5, 5.41) is 6.47. The molecule has 8 nitrogen and oxygen atoms in total. The number of halogens is 1. The van der Waals surface area contributed by atoms with Crippen LogP contribution in [-0.4, -0.2) is 71.8 Å². The lowest BCUT2D eigenvalue weighted by Gasteiger charge is -2.26. The second-order valence-corrected chi connectivity index (χ2v) is 8.47. The molecule has 1 aromatic rings. The largest absolute Gasteiger partial charge is 0.385 e. The van der Waals surface area contributed by atoms with Gasteiger partial charge in [-0.15, -0.1) is 24.0 Å². The monoisotopic (exact) mass is 540 g/mol. The fourth-order valence-electron chi connectivity index (χ4n) is 2.89. The minimum Gasteiger partial charge on any atom is -0.385 e. The molecule has 10 heteroatoms. The normalized spacial score (nSPS) is 15.6. The van der Waals surface area contributed by atoms with Gasteiger partial charge < -0.3 is 20.1 Å². The van der Waals surface area contributed by atoms with Crippen molar-refractivity contribution in [2.24, 2.45) is 4.99 Å². The number of guanidine groups is 1. The number of nitrogens with zero attached hydrogens (tertiary/aromatic N) is 2. The molecular formula is C19H33IN4O4S. The Morgan fingerprint density at radius 1 is 1.21 bits per heavy atom. The summed E-state index contributed by atoms with van der Waals surface area (Å²) < 4.78 is 37.3. The summed E-state index contributed by atoms with van der Waals surface area (Å²) in [6.07, 6.45) is 0.884. The van der Waals surface area contributed by atoms with Crippen molar-refractivity contribution in [1.29, 1.82) is 0 Å². The number of morpholine rings is 1. The van der Waals surface area contributed by atoms with Gasteiger partial charge in [-0.3, -0.25) is 0 Å². The van der Waals surface area contributed by atoms with Crippen LogP contribution in [0, 0.1) is 0 Å². The van der Waals surface area contributed by atoms with E-state index in [0.29, 0.717) is 45.4 Å². The number of benzene rings is 1. The molecule has 0 unspecified atom stereocenters. The molecule has 0 amide bonds. The smallest absolute Gasteiger partial charge is 0.218 e. The van der Waals surface area contributed by atoms with Crippen molar-refractivity contribution >= 4 is 40.0 Å². The van der Waals surface area contributed by atoms with Gasteiger partial charge in [0.1, 0.15) is 0 Å². The standard InChI is InChI=1S/C19H32N4O4S.HI/c1-3-20-19(21-9-6-12-26-2)22-15-17-7-4-5-8-18(17)16-28(24,25)23-10-13-27-14-11-23;/h4-5,7-8H,3,6,9-16H2,1-2H3,(H2,20,21,22);1H. The van der Waals surface area contributed by atoms with Crippen molar-refractivity contribution in [2.75, 3.05) is 53.1 Å². The maximum atomic E-state index is 12.7. The van der Waals surface area contributed by atoms with E-state index in [1.54, 1.807) is 7.11 Å². The van der Waals surface area contributed by atoms with E-state index in [2.05, 4.69) is 15.6 Å². The Labute approximate surface area is 191 Å². The second-order valence-electron chi connectivity index (χ2n) is 6.50. The molecular weight excluding hydrogens is 507 g/mol. The lowest BCUT2D eigenvalue weighted by molar-refractivity contribution is 0.0729. The average molecular weight is 540 g/mol. The molecule has 0 saturated carbocycles. The highest BCUT2D eigenvalue weighted by Gasteiger charge is 2.25. The summed E-state index contributed by atoms with van der Waals surface area (Å²) in [7, 11) is -1.69. The maximum absolute atomic E-state index is 12.7. The number of rotatable bonds is 10. The van der Waals surface area contributed by atoms with Crippen LogP contribution in [0.15, 0.2) is 29.3 Å². The number of nitrogens with one attached hydrogen (secondary N) is 2. The molecule has 1 fully saturated rings. The summed E-state index contributed by atoms with van der Waals surface area (Å²) in [4.78, 5) is 4.61. The van der Waals surface area contributed by atoms with Crippen molar-refractivity contribution in [3.8, 4) is 0 Å². The predicted molar refractivity (Wildman–Crippen MR) is 126 cm³/mol. The Bertz CT molecular complexity index is 725. The summed E-state index contributed by atoms with van der Waals surface area (Å²) in [6, 6.07) is 7.57. The molecule has 1 saturated heterocycles. The van der Waals surface area contributed by atoms with Crippen LogP contribution >= 0.6 is 24.0 Å². The van der Waals surface area contributed by atoms with E-state index in [4.69, 9.17) is 9.47 Å². The highest BCUT2D eigenvalue weighted by atomic mass is 127. The summed E-state index contributed by atoms with van der Waals surface area (Å²) >= 11 is 0. The molecule has 0 aliphatic carbocycles.